The molecule has 0 aliphatic carbocycles. The number of carbonyl (C=O) groups excluding carboxylic acids is 2. The van der Waals surface area contributed by atoms with Gasteiger partial charge in [-0.2, -0.15) is 0 Å². The Hall–Kier alpha value is -3.22. The van der Waals surface area contributed by atoms with Gasteiger partial charge < -0.3 is 15.3 Å². The molecule has 2 N–H and O–H groups in total. The second-order valence-corrected chi connectivity index (χ2v) is 6.41. The predicted molar refractivity (Wildman–Crippen MR) is 94.8 cm³/mol. The van der Waals surface area contributed by atoms with Gasteiger partial charge in [0, 0.05) is 36.7 Å². The molecule has 0 radical (unpaired) electrons. The first kappa shape index (κ1) is 17.6. The molecule has 0 bridgehead atoms. The second-order valence-electron chi connectivity index (χ2n) is 6.41. The number of aliphatic carboxylic acids is 1. The summed E-state index contributed by atoms with van der Waals surface area (Å²) < 4.78 is 0. The van der Waals surface area contributed by atoms with E-state index in [1.54, 1.807) is 47.5 Å². The van der Waals surface area contributed by atoms with Crippen molar-refractivity contribution in [3.63, 3.8) is 0 Å². The number of carboxylic acids is 1. The molecule has 2 aromatic rings. The van der Waals surface area contributed by atoms with Gasteiger partial charge in [0.05, 0.1) is 11.5 Å². The van der Waals surface area contributed by atoms with Gasteiger partial charge in [0.25, 0.3) is 11.8 Å². The normalized spacial score (nSPS) is 19.2. The summed E-state index contributed by atoms with van der Waals surface area (Å²) in [5, 5.41) is 12.0. The van der Waals surface area contributed by atoms with Crippen molar-refractivity contribution in [2.24, 2.45) is 11.8 Å². The van der Waals surface area contributed by atoms with E-state index in [4.69, 9.17) is 0 Å². The molecule has 1 saturated heterocycles. The standard InChI is InChI=1S/C19H19N3O4/c1-12-10-22(11-16(12)19(25)26)18(24)13-4-2-6-15(8-13)21-17(23)14-5-3-7-20-9-14/h2-9,12,16H,10-11H2,1H3,(H,21,23)(H,25,26)/t12-,16-/m1/s1. The molecular weight excluding hydrogens is 334 g/mol. The van der Waals surface area contributed by atoms with Crippen LogP contribution in [0.2, 0.25) is 0 Å². The number of rotatable bonds is 4. The molecule has 2 atom stereocenters. The van der Waals surface area contributed by atoms with Crippen LogP contribution < -0.4 is 5.32 Å². The van der Waals surface area contributed by atoms with E-state index in [0.717, 1.165) is 0 Å². The summed E-state index contributed by atoms with van der Waals surface area (Å²) in [6.07, 6.45) is 3.04. The number of nitrogens with one attached hydrogen (secondary N) is 1. The molecule has 7 nitrogen and oxygen atoms in total. The zero-order chi connectivity index (χ0) is 18.7. The van der Waals surface area contributed by atoms with E-state index in [1.807, 2.05) is 6.92 Å². The van der Waals surface area contributed by atoms with Gasteiger partial charge in [0.2, 0.25) is 0 Å². The van der Waals surface area contributed by atoms with Crippen LogP contribution in [0.3, 0.4) is 0 Å². The Morgan fingerprint density at radius 2 is 1.92 bits per heavy atom. The quantitative estimate of drug-likeness (QED) is 0.877. The average Bonchev–Trinajstić information content (AvgIpc) is 3.04. The number of anilines is 1. The fourth-order valence-corrected chi connectivity index (χ4v) is 3.07. The topological polar surface area (TPSA) is 99.6 Å². The van der Waals surface area contributed by atoms with E-state index in [-0.39, 0.29) is 24.3 Å². The molecule has 3 rings (SSSR count). The van der Waals surface area contributed by atoms with Crippen molar-refractivity contribution in [2.75, 3.05) is 18.4 Å². The van der Waals surface area contributed by atoms with E-state index in [0.29, 0.717) is 23.4 Å². The SMILES string of the molecule is C[C@@H]1CN(C(=O)c2cccc(NC(=O)c3cccnc3)c2)C[C@H]1C(=O)O. The number of aromatic nitrogens is 1. The fourth-order valence-electron chi connectivity index (χ4n) is 3.07. The molecule has 0 unspecified atom stereocenters. The van der Waals surface area contributed by atoms with Gasteiger partial charge in [-0.3, -0.25) is 19.4 Å². The number of likely N-dealkylation sites (tertiary alicyclic amines) is 1. The minimum absolute atomic E-state index is 0.0927. The monoisotopic (exact) mass is 353 g/mol. The summed E-state index contributed by atoms with van der Waals surface area (Å²) in [6.45, 7) is 2.43. The Kier molecular flexibility index (Phi) is 4.97. The van der Waals surface area contributed by atoms with Gasteiger partial charge in [-0.25, -0.2) is 0 Å². The van der Waals surface area contributed by atoms with Crippen LogP contribution in [0, 0.1) is 11.8 Å². The maximum atomic E-state index is 12.7. The summed E-state index contributed by atoms with van der Waals surface area (Å²) in [6, 6.07) is 9.94. The zero-order valence-corrected chi connectivity index (χ0v) is 14.3. The summed E-state index contributed by atoms with van der Waals surface area (Å²) in [5.41, 5.74) is 1.32. The Bertz CT molecular complexity index is 838. The molecule has 134 valence electrons. The average molecular weight is 353 g/mol. The highest BCUT2D eigenvalue weighted by molar-refractivity contribution is 6.05. The largest absolute Gasteiger partial charge is 0.481 e. The molecule has 2 heterocycles. The van der Waals surface area contributed by atoms with Crippen LogP contribution in [0.4, 0.5) is 5.69 Å². The molecule has 7 heteroatoms. The highest BCUT2D eigenvalue weighted by atomic mass is 16.4. The van der Waals surface area contributed by atoms with Gasteiger partial charge in [-0.1, -0.05) is 13.0 Å². The third-order valence-corrected chi connectivity index (χ3v) is 4.51. The molecule has 1 aliphatic rings. The molecule has 1 aromatic carbocycles. The van der Waals surface area contributed by atoms with E-state index >= 15 is 0 Å². The molecule has 2 amide bonds. The van der Waals surface area contributed by atoms with Gasteiger partial charge in [-0.15, -0.1) is 0 Å². The number of amides is 2. The Morgan fingerprint density at radius 1 is 1.15 bits per heavy atom. The third kappa shape index (κ3) is 3.72. The maximum absolute atomic E-state index is 12.7. The third-order valence-electron chi connectivity index (χ3n) is 4.51. The lowest BCUT2D eigenvalue weighted by Crippen LogP contribution is -2.30. The van der Waals surface area contributed by atoms with Crippen molar-refractivity contribution in [3.05, 3.63) is 59.9 Å². The van der Waals surface area contributed by atoms with Crippen LogP contribution in [-0.4, -0.2) is 45.9 Å². The van der Waals surface area contributed by atoms with Crippen LogP contribution in [0.1, 0.15) is 27.6 Å². The van der Waals surface area contributed by atoms with Crippen molar-refractivity contribution < 1.29 is 19.5 Å². The van der Waals surface area contributed by atoms with E-state index in [9.17, 15) is 19.5 Å². The van der Waals surface area contributed by atoms with Crippen LogP contribution >= 0.6 is 0 Å². The van der Waals surface area contributed by atoms with Crippen LogP contribution in [-0.2, 0) is 4.79 Å². The van der Waals surface area contributed by atoms with E-state index in [2.05, 4.69) is 10.3 Å². The van der Waals surface area contributed by atoms with Crippen LogP contribution in [0.5, 0.6) is 0 Å². The van der Waals surface area contributed by atoms with Crippen molar-refractivity contribution >= 4 is 23.5 Å². The van der Waals surface area contributed by atoms with Crippen molar-refractivity contribution in [2.45, 2.75) is 6.92 Å². The number of nitrogens with zero attached hydrogens (tertiary/aromatic N) is 2. The first-order chi connectivity index (χ1) is 12.5. The van der Waals surface area contributed by atoms with Crippen molar-refractivity contribution in [1.29, 1.82) is 0 Å². The van der Waals surface area contributed by atoms with Crippen LogP contribution in [0.15, 0.2) is 48.8 Å². The highest BCUT2D eigenvalue weighted by Gasteiger charge is 2.37. The van der Waals surface area contributed by atoms with E-state index < -0.39 is 11.9 Å². The first-order valence-corrected chi connectivity index (χ1v) is 8.29. The van der Waals surface area contributed by atoms with Crippen molar-refractivity contribution in [3.8, 4) is 0 Å². The summed E-state index contributed by atoms with van der Waals surface area (Å²) >= 11 is 0. The number of hydrogen-bond acceptors (Lipinski definition) is 4. The first-order valence-electron chi connectivity index (χ1n) is 8.29. The minimum atomic E-state index is -0.884. The fraction of sp³-hybridized carbons (Fsp3) is 0.263. The number of benzene rings is 1. The summed E-state index contributed by atoms with van der Waals surface area (Å²) in [4.78, 5) is 41.6. The summed E-state index contributed by atoms with van der Waals surface area (Å²) in [5.74, 6) is -2.08. The lowest BCUT2D eigenvalue weighted by Gasteiger charge is -2.16. The van der Waals surface area contributed by atoms with Gasteiger partial charge in [0.15, 0.2) is 0 Å². The number of carbonyl (C=O) groups is 3. The maximum Gasteiger partial charge on any atom is 0.308 e. The van der Waals surface area contributed by atoms with Gasteiger partial charge in [0.1, 0.15) is 0 Å². The minimum Gasteiger partial charge on any atom is -0.481 e. The summed E-state index contributed by atoms with van der Waals surface area (Å²) in [7, 11) is 0. The van der Waals surface area contributed by atoms with Crippen molar-refractivity contribution in [1.82, 2.24) is 9.88 Å². The van der Waals surface area contributed by atoms with Crippen LogP contribution in [0.25, 0.3) is 0 Å². The lowest BCUT2D eigenvalue weighted by atomic mass is 9.99. The Labute approximate surface area is 150 Å². The highest BCUT2D eigenvalue weighted by Crippen LogP contribution is 2.25. The molecular formula is C19H19N3O4. The molecule has 26 heavy (non-hydrogen) atoms. The molecule has 1 aliphatic heterocycles. The van der Waals surface area contributed by atoms with E-state index in [1.165, 1.54) is 6.20 Å². The smallest absolute Gasteiger partial charge is 0.308 e. The predicted octanol–water partition coefficient (Wildman–Crippen LogP) is 2.13. The molecule has 1 fully saturated rings. The molecule has 0 spiro atoms. The molecule has 0 saturated carbocycles. The molecule has 1 aromatic heterocycles. The number of carboxylic acid groups (broad SMARTS) is 1. The Balaban J connectivity index is 1.72. The van der Waals surface area contributed by atoms with Gasteiger partial charge >= 0.3 is 5.97 Å². The van der Waals surface area contributed by atoms with Gasteiger partial charge in [-0.05, 0) is 36.2 Å². The number of pyridine rings is 1. The number of hydrogen-bond donors (Lipinski definition) is 2. The lowest BCUT2D eigenvalue weighted by molar-refractivity contribution is -0.142. The second kappa shape index (κ2) is 7.35. The Morgan fingerprint density at radius 3 is 2.58 bits per heavy atom. The zero-order valence-electron chi connectivity index (χ0n) is 14.3.